The Bertz CT molecular complexity index is 1080. The summed E-state index contributed by atoms with van der Waals surface area (Å²) in [6, 6.07) is 16.0. The molecule has 5 rings (SSSR count). The largest absolute Gasteiger partial charge is 0.497 e. The van der Waals surface area contributed by atoms with Crippen molar-refractivity contribution in [2.24, 2.45) is 5.10 Å². The Morgan fingerprint density at radius 2 is 1.79 bits per heavy atom. The van der Waals surface area contributed by atoms with Crippen molar-refractivity contribution in [3.63, 3.8) is 0 Å². The minimum Gasteiger partial charge on any atom is -0.497 e. The third-order valence-corrected chi connectivity index (χ3v) is 7.06. The minimum atomic E-state index is -0.565. The molecule has 1 saturated carbocycles. The smallest absolute Gasteiger partial charge is 0.268 e. The highest BCUT2D eigenvalue weighted by Gasteiger charge is 2.51. The number of hydrogen-bond donors (Lipinski definition) is 2. The van der Waals surface area contributed by atoms with Crippen molar-refractivity contribution in [1.82, 2.24) is 20.5 Å². The number of nitrogens with zero attached hydrogens (tertiary/aromatic N) is 3. The van der Waals surface area contributed by atoms with E-state index in [1.807, 2.05) is 24.3 Å². The molecule has 1 aliphatic carbocycles. The molecule has 0 spiro atoms. The highest BCUT2D eigenvalue weighted by atomic mass is 16.5. The summed E-state index contributed by atoms with van der Waals surface area (Å²) in [6.07, 6.45) is 3.47. The summed E-state index contributed by atoms with van der Waals surface area (Å²) in [7, 11) is 1.63. The van der Waals surface area contributed by atoms with Gasteiger partial charge in [0.1, 0.15) is 12.3 Å². The summed E-state index contributed by atoms with van der Waals surface area (Å²) in [6.45, 7) is 2.52. The molecular formula is C26H31N5O3. The van der Waals surface area contributed by atoms with Gasteiger partial charge in [0, 0.05) is 12.1 Å². The van der Waals surface area contributed by atoms with Crippen molar-refractivity contribution in [2.75, 3.05) is 13.7 Å². The van der Waals surface area contributed by atoms with E-state index in [9.17, 15) is 9.59 Å². The molecule has 2 heterocycles. The van der Waals surface area contributed by atoms with Crippen LogP contribution in [0.4, 0.5) is 0 Å². The van der Waals surface area contributed by atoms with Crippen LogP contribution in [0.3, 0.4) is 0 Å². The maximum atomic E-state index is 13.5. The number of carbonyl (C=O) groups excluding carboxylic acids is 2. The lowest BCUT2D eigenvalue weighted by Gasteiger charge is -2.51. The molecule has 2 aliphatic heterocycles. The van der Waals surface area contributed by atoms with Gasteiger partial charge in [-0.1, -0.05) is 54.8 Å². The highest BCUT2D eigenvalue weighted by molar-refractivity contribution is 6.04. The zero-order valence-corrected chi connectivity index (χ0v) is 19.7. The monoisotopic (exact) mass is 461 g/mol. The average Bonchev–Trinajstić information content (AvgIpc) is 3.32. The Kier molecular flexibility index (Phi) is 6.13. The third kappa shape index (κ3) is 4.20. The molecule has 0 radical (unpaired) electrons. The number of fused-ring (bicyclic) bond motifs is 3. The van der Waals surface area contributed by atoms with Gasteiger partial charge < -0.3 is 19.9 Å². The van der Waals surface area contributed by atoms with Gasteiger partial charge in [0.05, 0.1) is 19.2 Å². The molecule has 8 nitrogen and oxygen atoms in total. The number of carbonyl (C=O) groups is 2. The maximum Gasteiger partial charge on any atom is 0.268 e. The van der Waals surface area contributed by atoms with Gasteiger partial charge in [-0.25, -0.2) is 0 Å². The molecule has 34 heavy (non-hydrogen) atoms. The first-order valence-electron chi connectivity index (χ1n) is 11.9. The van der Waals surface area contributed by atoms with Crippen molar-refractivity contribution in [3.8, 4) is 5.75 Å². The lowest BCUT2D eigenvalue weighted by molar-refractivity contribution is -0.152. The van der Waals surface area contributed by atoms with E-state index in [0.717, 1.165) is 48.4 Å². The van der Waals surface area contributed by atoms with Gasteiger partial charge in [-0.3, -0.25) is 15.0 Å². The summed E-state index contributed by atoms with van der Waals surface area (Å²) < 4.78 is 5.18. The Labute approximate surface area is 200 Å². The Morgan fingerprint density at radius 1 is 1.09 bits per heavy atom. The standard InChI is InChI=1S/C26H31N5O3/c1-17-7-11-19(12-8-17)24-28-29-25-26(33)30(21-5-3-4-6-22(21)31(24)25)16-23(32)27-15-18-9-13-20(34-2)14-10-18/h7-14,21-22,25,29H,3-6,15-16H2,1-2H3,(H,27,32). The molecule has 178 valence electrons. The Hall–Kier alpha value is -3.55. The second-order valence-electron chi connectivity index (χ2n) is 9.25. The zero-order valence-electron chi connectivity index (χ0n) is 19.7. The SMILES string of the molecule is COc1ccc(CNC(=O)CN2C(=O)C3NN=C(c4ccc(C)cc4)N3C3CCCCC32)cc1. The van der Waals surface area contributed by atoms with E-state index in [-0.39, 0.29) is 30.4 Å². The van der Waals surface area contributed by atoms with Gasteiger partial charge in [-0.15, -0.1) is 0 Å². The fourth-order valence-electron chi connectivity index (χ4n) is 5.25. The average molecular weight is 462 g/mol. The first-order chi connectivity index (χ1) is 16.5. The number of benzene rings is 2. The Morgan fingerprint density at radius 3 is 2.50 bits per heavy atom. The van der Waals surface area contributed by atoms with Crippen LogP contribution >= 0.6 is 0 Å². The van der Waals surface area contributed by atoms with E-state index in [2.05, 4.69) is 51.9 Å². The number of amidine groups is 1. The van der Waals surface area contributed by atoms with Gasteiger partial charge in [0.25, 0.3) is 5.91 Å². The van der Waals surface area contributed by atoms with Crippen LogP contribution in [0, 0.1) is 6.92 Å². The van der Waals surface area contributed by atoms with Crippen LogP contribution in [0.5, 0.6) is 5.75 Å². The number of ether oxygens (including phenoxy) is 1. The summed E-state index contributed by atoms with van der Waals surface area (Å²) in [5.41, 5.74) is 6.22. The zero-order chi connectivity index (χ0) is 23.7. The number of piperazine rings is 1. The number of amides is 2. The molecule has 3 atom stereocenters. The number of rotatable bonds is 6. The number of hydrazone groups is 1. The van der Waals surface area contributed by atoms with E-state index < -0.39 is 6.17 Å². The van der Waals surface area contributed by atoms with E-state index in [4.69, 9.17) is 4.74 Å². The third-order valence-electron chi connectivity index (χ3n) is 7.06. The quantitative estimate of drug-likeness (QED) is 0.690. The summed E-state index contributed by atoms with van der Waals surface area (Å²) in [5.74, 6) is 1.35. The molecule has 3 aliphatic rings. The molecular weight excluding hydrogens is 430 g/mol. The van der Waals surface area contributed by atoms with Gasteiger partial charge in [-0.2, -0.15) is 5.10 Å². The lowest BCUT2D eigenvalue weighted by atomic mass is 9.85. The second-order valence-corrected chi connectivity index (χ2v) is 9.25. The lowest BCUT2D eigenvalue weighted by Crippen LogP contribution is -2.70. The molecule has 3 unspecified atom stereocenters. The van der Waals surface area contributed by atoms with E-state index in [1.165, 1.54) is 5.56 Å². The number of methoxy groups -OCH3 is 1. The molecule has 2 amide bonds. The van der Waals surface area contributed by atoms with Crippen LogP contribution in [0.1, 0.15) is 42.4 Å². The summed E-state index contributed by atoms with van der Waals surface area (Å²) >= 11 is 0. The molecule has 2 N–H and O–H groups in total. The molecule has 8 heteroatoms. The van der Waals surface area contributed by atoms with Gasteiger partial charge in [0.15, 0.2) is 12.0 Å². The van der Waals surface area contributed by atoms with Crippen molar-refractivity contribution < 1.29 is 14.3 Å². The van der Waals surface area contributed by atoms with Crippen molar-refractivity contribution >= 4 is 17.6 Å². The Balaban J connectivity index is 1.29. The minimum absolute atomic E-state index is 0.000199. The van der Waals surface area contributed by atoms with E-state index >= 15 is 0 Å². The van der Waals surface area contributed by atoms with Gasteiger partial charge >= 0.3 is 0 Å². The van der Waals surface area contributed by atoms with Crippen LogP contribution in [0.25, 0.3) is 0 Å². The van der Waals surface area contributed by atoms with Gasteiger partial charge in [-0.05, 0) is 37.5 Å². The molecule has 1 saturated heterocycles. The second kappa shape index (κ2) is 9.37. The molecule has 2 fully saturated rings. The fourth-order valence-corrected chi connectivity index (χ4v) is 5.25. The van der Waals surface area contributed by atoms with Crippen LogP contribution in [-0.2, 0) is 16.1 Å². The highest BCUT2D eigenvalue weighted by Crippen LogP contribution is 2.35. The van der Waals surface area contributed by atoms with Crippen LogP contribution in [0.15, 0.2) is 53.6 Å². The summed E-state index contributed by atoms with van der Waals surface area (Å²) in [4.78, 5) is 30.3. The molecule has 0 bridgehead atoms. The van der Waals surface area contributed by atoms with Crippen LogP contribution in [-0.4, -0.2) is 59.4 Å². The van der Waals surface area contributed by atoms with Crippen LogP contribution in [0.2, 0.25) is 0 Å². The van der Waals surface area contributed by atoms with Crippen molar-refractivity contribution in [1.29, 1.82) is 0 Å². The van der Waals surface area contributed by atoms with E-state index in [1.54, 1.807) is 12.0 Å². The summed E-state index contributed by atoms with van der Waals surface area (Å²) in [5, 5.41) is 7.52. The predicted octanol–water partition coefficient (Wildman–Crippen LogP) is 2.37. The predicted molar refractivity (Wildman–Crippen MR) is 129 cm³/mol. The van der Waals surface area contributed by atoms with Gasteiger partial charge in [0.2, 0.25) is 5.91 Å². The van der Waals surface area contributed by atoms with Crippen molar-refractivity contribution in [2.45, 2.75) is 57.4 Å². The molecule has 2 aromatic rings. The normalized spacial score (nSPS) is 23.5. The molecule has 2 aromatic carbocycles. The first-order valence-corrected chi connectivity index (χ1v) is 11.9. The fraction of sp³-hybridized carbons (Fsp3) is 0.423. The number of hydrogen-bond acceptors (Lipinski definition) is 6. The van der Waals surface area contributed by atoms with Crippen LogP contribution < -0.4 is 15.5 Å². The maximum absolute atomic E-state index is 13.5. The molecule has 0 aromatic heterocycles. The first kappa shape index (κ1) is 22.3. The van der Waals surface area contributed by atoms with E-state index in [0.29, 0.717) is 6.54 Å². The number of nitrogens with one attached hydrogen (secondary N) is 2. The topological polar surface area (TPSA) is 86.3 Å². The van der Waals surface area contributed by atoms with Crippen molar-refractivity contribution in [3.05, 3.63) is 65.2 Å². The number of aryl methyl sites for hydroxylation is 1.